The predicted molar refractivity (Wildman–Crippen MR) is 75.7 cm³/mol. The van der Waals surface area contributed by atoms with Gasteiger partial charge in [0.1, 0.15) is 0 Å². The van der Waals surface area contributed by atoms with Crippen molar-refractivity contribution in [1.29, 1.82) is 0 Å². The lowest BCUT2D eigenvalue weighted by Crippen LogP contribution is -2.10. The second kappa shape index (κ2) is 5.79. The van der Waals surface area contributed by atoms with Crippen molar-refractivity contribution in [3.63, 3.8) is 0 Å². The van der Waals surface area contributed by atoms with Gasteiger partial charge in [0, 0.05) is 18.1 Å². The largest absolute Gasteiger partial charge is 0.478 e. The van der Waals surface area contributed by atoms with E-state index in [-0.39, 0.29) is 0 Å². The molecule has 2 N–H and O–H groups in total. The normalized spacial score (nSPS) is 10.4. The minimum absolute atomic E-state index is 0.317. The molecule has 100 valence electrons. The van der Waals surface area contributed by atoms with Gasteiger partial charge in [0.25, 0.3) is 0 Å². The smallest absolute Gasteiger partial charge is 0.338 e. The van der Waals surface area contributed by atoms with E-state index in [4.69, 9.17) is 0 Å². The summed E-state index contributed by atoms with van der Waals surface area (Å²) in [6.07, 6.45) is 3.58. The Hall–Kier alpha value is -1.95. The molecule has 1 heterocycles. The Morgan fingerprint density at radius 2 is 2.26 bits per heavy atom. The summed E-state index contributed by atoms with van der Waals surface area (Å²) in [5.41, 5.74) is 1.93. The van der Waals surface area contributed by atoms with Gasteiger partial charge in [-0.15, -0.1) is 11.8 Å². The topological polar surface area (TPSA) is 67.2 Å². The van der Waals surface area contributed by atoms with Crippen molar-refractivity contribution in [2.24, 2.45) is 7.05 Å². The number of carbonyl (C=O) groups is 1. The lowest BCUT2D eigenvalue weighted by atomic mass is 10.1. The Labute approximate surface area is 115 Å². The Morgan fingerprint density at radius 3 is 2.84 bits per heavy atom. The second-order valence-corrected chi connectivity index (χ2v) is 4.84. The van der Waals surface area contributed by atoms with Crippen LogP contribution >= 0.6 is 11.8 Å². The van der Waals surface area contributed by atoms with Gasteiger partial charge < -0.3 is 10.4 Å². The molecule has 1 aromatic heterocycles. The lowest BCUT2D eigenvalue weighted by molar-refractivity contribution is 0.0694. The van der Waals surface area contributed by atoms with E-state index < -0.39 is 5.97 Å². The number of aryl methyl sites for hydroxylation is 1. The molecule has 19 heavy (non-hydrogen) atoms. The second-order valence-electron chi connectivity index (χ2n) is 3.99. The lowest BCUT2D eigenvalue weighted by Gasteiger charge is -2.12. The summed E-state index contributed by atoms with van der Waals surface area (Å²) in [7, 11) is 1.85. The molecule has 5 nitrogen and oxygen atoms in total. The van der Waals surface area contributed by atoms with Crippen LogP contribution in [-0.2, 0) is 13.6 Å². The maximum Gasteiger partial charge on any atom is 0.338 e. The number of benzene rings is 1. The molecule has 0 atom stereocenters. The summed E-state index contributed by atoms with van der Waals surface area (Å²) in [5, 5.41) is 16.6. The van der Waals surface area contributed by atoms with Gasteiger partial charge in [-0.2, -0.15) is 5.10 Å². The van der Waals surface area contributed by atoms with Gasteiger partial charge in [-0.1, -0.05) is 6.07 Å². The molecule has 0 aliphatic carbocycles. The van der Waals surface area contributed by atoms with Crippen LogP contribution in [0.4, 0.5) is 5.69 Å². The van der Waals surface area contributed by atoms with Crippen LogP contribution in [0.5, 0.6) is 0 Å². The molecule has 0 saturated carbocycles. The number of nitrogens with one attached hydrogen (secondary N) is 1. The van der Waals surface area contributed by atoms with E-state index in [0.717, 1.165) is 10.6 Å². The van der Waals surface area contributed by atoms with Crippen LogP contribution in [0.25, 0.3) is 0 Å². The Balaban J connectivity index is 2.25. The highest BCUT2D eigenvalue weighted by Crippen LogP contribution is 2.27. The first-order valence-electron chi connectivity index (χ1n) is 5.74. The van der Waals surface area contributed by atoms with E-state index in [1.807, 2.05) is 31.5 Å². The zero-order chi connectivity index (χ0) is 13.8. The fraction of sp³-hybridized carbons (Fsp3) is 0.231. The van der Waals surface area contributed by atoms with Gasteiger partial charge >= 0.3 is 5.97 Å². The quantitative estimate of drug-likeness (QED) is 0.822. The molecule has 2 rings (SSSR count). The maximum atomic E-state index is 11.4. The van der Waals surface area contributed by atoms with E-state index in [2.05, 4.69) is 10.4 Å². The van der Waals surface area contributed by atoms with Gasteiger partial charge in [0.2, 0.25) is 0 Å². The number of anilines is 1. The highest BCUT2D eigenvalue weighted by Gasteiger charge is 2.14. The fourth-order valence-electron chi connectivity index (χ4n) is 1.83. The Kier molecular flexibility index (Phi) is 4.11. The Morgan fingerprint density at radius 1 is 1.47 bits per heavy atom. The van der Waals surface area contributed by atoms with Crippen LogP contribution in [0, 0.1) is 0 Å². The van der Waals surface area contributed by atoms with E-state index in [0.29, 0.717) is 17.8 Å². The number of hydrogen-bond donors (Lipinski definition) is 2. The van der Waals surface area contributed by atoms with Crippen LogP contribution in [0.2, 0.25) is 0 Å². The SMILES string of the molecule is CSc1cccc(NCc2ccnn2C)c1C(=O)O. The van der Waals surface area contributed by atoms with Crippen molar-refractivity contribution in [3.8, 4) is 0 Å². The minimum Gasteiger partial charge on any atom is -0.478 e. The monoisotopic (exact) mass is 277 g/mol. The van der Waals surface area contributed by atoms with Crippen LogP contribution < -0.4 is 5.32 Å². The first-order chi connectivity index (χ1) is 9.13. The van der Waals surface area contributed by atoms with Gasteiger partial charge in [0.15, 0.2) is 0 Å². The number of carboxylic acids is 1. The third kappa shape index (κ3) is 2.90. The van der Waals surface area contributed by atoms with Crippen molar-refractivity contribution >= 4 is 23.4 Å². The highest BCUT2D eigenvalue weighted by molar-refractivity contribution is 7.98. The Bertz CT molecular complexity index is 595. The van der Waals surface area contributed by atoms with E-state index in [1.54, 1.807) is 16.9 Å². The summed E-state index contributed by atoms with van der Waals surface area (Å²) in [6.45, 7) is 0.536. The van der Waals surface area contributed by atoms with Crippen LogP contribution in [0.1, 0.15) is 16.1 Å². The molecule has 0 radical (unpaired) electrons. The third-order valence-corrected chi connectivity index (χ3v) is 3.62. The van der Waals surface area contributed by atoms with Crippen molar-refractivity contribution in [3.05, 3.63) is 41.7 Å². The first kappa shape index (κ1) is 13.5. The van der Waals surface area contributed by atoms with E-state index >= 15 is 0 Å². The number of hydrogen-bond acceptors (Lipinski definition) is 4. The van der Waals surface area contributed by atoms with Crippen LogP contribution in [-0.4, -0.2) is 27.1 Å². The summed E-state index contributed by atoms with van der Waals surface area (Å²) < 4.78 is 1.76. The van der Waals surface area contributed by atoms with Gasteiger partial charge in [-0.3, -0.25) is 4.68 Å². The van der Waals surface area contributed by atoms with E-state index in [9.17, 15) is 9.90 Å². The molecule has 6 heteroatoms. The van der Waals surface area contributed by atoms with Crippen LogP contribution in [0.3, 0.4) is 0 Å². The van der Waals surface area contributed by atoms with Gasteiger partial charge in [0.05, 0.1) is 23.5 Å². The minimum atomic E-state index is -0.919. The maximum absolute atomic E-state index is 11.4. The molecule has 0 spiro atoms. The molecular formula is C13H15N3O2S. The molecule has 0 unspecified atom stereocenters. The predicted octanol–water partition coefficient (Wildman–Crippen LogP) is 2.45. The average molecular weight is 277 g/mol. The molecule has 0 saturated heterocycles. The fourth-order valence-corrected chi connectivity index (χ4v) is 2.45. The summed E-state index contributed by atoms with van der Waals surface area (Å²) in [6, 6.07) is 7.33. The molecule has 2 aromatic rings. The molecule has 0 aliphatic heterocycles. The zero-order valence-electron chi connectivity index (χ0n) is 10.8. The zero-order valence-corrected chi connectivity index (χ0v) is 11.6. The van der Waals surface area contributed by atoms with Gasteiger partial charge in [-0.25, -0.2) is 4.79 Å². The number of aromatic carboxylic acids is 1. The number of aromatic nitrogens is 2. The number of nitrogens with zero attached hydrogens (tertiary/aromatic N) is 2. The first-order valence-corrected chi connectivity index (χ1v) is 6.97. The number of carboxylic acid groups (broad SMARTS) is 1. The number of thioether (sulfide) groups is 1. The van der Waals surface area contributed by atoms with Crippen molar-refractivity contribution in [2.45, 2.75) is 11.4 Å². The molecule has 0 amide bonds. The highest BCUT2D eigenvalue weighted by atomic mass is 32.2. The van der Waals surface area contributed by atoms with Gasteiger partial charge in [-0.05, 0) is 24.5 Å². The average Bonchev–Trinajstić information content (AvgIpc) is 2.81. The third-order valence-electron chi connectivity index (χ3n) is 2.84. The van der Waals surface area contributed by atoms with E-state index in [1.165, 1.54) is 11.8 Å². The van der Waals surface area contributed by atoms with Crippen molar-refractivity contribution in [1.82, 2.24) is 9.78 Å². The molecule has 0 bridgehead atoms. The number of rotatable bonds is 5. The molecule has 0 fully saturated rings. The summed E-state index contributed by atoms with van der Waals surface area (Å²) in [4.78, 5) is 12.1. The van der Waals surface area contributed by atoms with Crippen molar-refractivity contribution < 1.29 is 9.90 Å². The standard InChI is InChI=1S/C13H15N3O2S/c1-16-9(6-7-15-16)8-14-10-4-3-5-11(19-2)12(10)13(17)18/h3-7,14H,8H2,1-2H3,(H,17,18). The molecule has 1 aromatic carbocycles. The summed E-state index contributed by atoms with van der Waals surface area (Å²) in [5.74, 6) is -0.919. The van der Waals surface area contributed by atoms with Crippen molar-refractivity contribution in [2.75, 3.05) is 11.6 Å². The van der Waals surface area contributed by atoms with Crippen LogP contribution in [0.15, 0.2) is 35.4 Å². The molecule has 0 aliphatic rings. The molecular weight excluding hydrogens is 262 g/mol. The summed E-state index contributed by atoms with van der Waals surface area (Å²) >= 11 is 1.43.